The lowest BCUT2D eigenvalue weighted by atomic mass is 9.96. The van der Waals surface area contributed by atoms with Crippen LogP contribution in [0.3, 0.4) is 0 Å². The van der Waals surface area contributed by atoms with Crippen molar-refractivity contribution in [1.82, 2.24) is 0 Å². The van der Waals surface area contributed by atoms with Crippen molar-refractivity contribution in [2.75, 3.05) is 11.4 Å². The molecule has 3 heteroatoms. The molecule has 0 spiro atoms. The van der Waals surface area contributed by atoms with E-state index < -0.39 is 0 Å². The molecule has 1 aliphatic rings. The Bertz CT molecular complexity index is 500. The van der Waals surface area contributed by atoms with Crippen molar-refractivity contribution < 1.29 is 4.79 Å². The first-order valence-electron chi connectivity index (χ1n) is 8.72. The number of fused-ring (bicyclic) bond motifs is 1. The maximum Gasteiger partial charge on any atom is 0.226 e. The normalized spacial score (nSPS) is 15.5. The number of halogens is 1. The molecule has 122 valence electrons. The number of nitrogens with zero attached hydrogens (tertiary/aromatic N) is 1. The Morgan fingerprint density at radius 3 is 2.86 bits per heavy atom. The minimum Gasteiger partial charge on any atom is -0.312 e. The second-order valence-electron chi connectivity index (χ2n) is 6.31. The number of benzene rings is 1. The van der Waals surface area contributed by atoms with Crippen LogP contribution in [0.2, 0.25) is 0 Å². The molecule has 1 aromatic carbocycles. The Kier molecular flexibility index (Phi) is 6.94. The van der Waals surface area contributed by atoms with E-state index in [2.05, 4.69) is 48.0 Å². The summed E-state index contributed by atoms with van der Waals surface area (Å²) in [5, 5.41) is 0. The lowest BCUT2D eigenvalue weighted by Crippen LogP contribution is -2.35. The zero-order valence-corrected chi connectivity index (χ0v) is 15.5. The highest BCUT2D eigenvalue weighted by Crippen LogP contribution is 2.30. The first kappa shape index (κ1) is 17.5. The molecule has 0 saturated heterocycles. The molecule has 1 heterocycles. The molecule has 1 aromatic rings. The molecule has 2 rings (SSSR count). The number of alkyl halides is 1. The quantitative estimate of drug-likeness (QED) is 0.603. The van der Waals surface area contributed by atoms with E-state index in [1.54, 1.807) is 0 Å². The molecular formula is C19H28BrNO. The van der Waals surface area contributed by atoms with E-state index in [0.29, 0.717) is 17.2 Å². The maximum absolute atomic E-state index is 12.4. The van der Waals surface area contributed by atoms with Crippen molar-refractivity contribution in [1.29, 1.82) is 0 Å². The van der Waals surface area contributed by atoms with Gasteiger partial charge in [-0.15, -0.1) is 0 Å². The average Bonchev–Trinajstić information content (AvgIpc) is 2.52. The van der Waals surface area contributed by atoms with E-state index >= 15 is 0 Å². The number of amides is 1. The van der Waals surface area contributed by atoms with Gasteiger partial charge < -0.3 is 4.90 Å². The summed E-state index contributed by atoms with van der Waals surface area (Å²) in [6, 6.07) is 6.69. The Hall–Kier alpha value is -0.830. The van der Waals surface area contributed by atoms with Crippen LogP contribution in [0, 0.1) is 0 Å². The van der Waals surface area contributed by atoms with Gasteiger partial charge in [0.2, 0.25) is 5.91 Å². The summed E-state index contributed by atoms with van der Waals surface area (Å²) in [6.45, 7) is 5.24. The predicted molar refractivity (Wildman–Crippen MR) is 98.0 cm³/mol. The highest BCUT2D eigenvalue weighted by Gasteiger charge is 2.22. The third kappa shape index (κ3) is 4.58. The summed E-state index contributed by atoms with van der Waals surface area (Å²) in [4.78, 5) is 15.0. The molecule has 0 saturated carbocycles. The fourth-order valence-corrected chi connectivity index (χ4v) is 4.00. The Balaban J connectivity index is 2.10. The van der Waals surface area contributed by atoms with Crippen molar-refractivity contribution in [2.24, 2.45) is 0 Å². The van der Waals surface area contributed by atoms with E-state index in [9.17, 15) is 4.79 Å². The van der Waals surface area contributed by atoms with Crippen LogP contribution in [-0.4, -0.2) is 17.3 Å². The molecule has 2 nitrogen and oxygen atoms in total. The van der Waals surface area contributed by atoms with Gasteiger partial charge in [0.15, 0.2) is 0 Å². The van der Waals surface area contributed by atoms with Gasteiger partial charge in [-0.25, -0.2) is 0 Å². The number of hydrogen-bond acceptors (Lipinski definition) is 1. The molecule has 0 aromatic heterocycles. The monoisotopic (exact) mass is 365 g/mol. The van der Waals surface area contributed by atoms with Crippen LogP contribution in [0.1, 0.15) is 63.5 Å². The van der Waals surface area contributed by atoms with Crippen LogP contribution in [-0.2, 0) is 17.6 Å². The van der Waals surface area contributed by atoms with Crippen LogP contribution in [0.4, 0.5) is 5.69 Å². The third-order valence-electron chi connectivity index (χ3n) is 4.37. The van der Waals surface area contributed by atoms with Gasteiger partial charge in [0.05, 0.1) is 0 Å². The Morgan fingerprint density at radius 2 is 2.14 bits per heavy atom. The van der Waals surface area contributed by atoms with Gasteiger partial charge in [-0.1, -0.05) is 54.8 Å². The Morgan fingerprint density at radius 1 is 1.32 bits per heavy atom. The number of aryl methyl sites for hydroxylation is 1. The van der Waals surface area contributed by atoms with Crippen LogP contribution in [0.5, 0.6) is 0 Å². The second kappa shape index (κ2) is 8.71. The smallest absolute Gasteiger partial charge is 0.226 e. The molecule has 0 radical (unpaired) electrons. The lowest BCUT2D eigenvalue weighted by Gasteiger charge is -2.30. The van der Waals surface area contributed by atoms with Gasteiger partial charge in [0.1, 0.15) is 0 Å². The first-order chi connectivity index (χ1) is 10.7. The van der Waals surface area contributed by atoms with E-state index in [-0.39, 0.29) is 0 Å². The minimum atomic E-state index is 0.292. The van der Waals surface area contributed by atoms with E-state index in [1.165, 1.54) is 24.0 Å². The van der Waals surface area contributed by atoms with Gasteiger partial charge in [-0.05, 0) is 49.3 Å². The number of unbranched alkanes of at least 4 members (excludes halogenated alkanes) is 1. The van der Waals surface area contributed by atoms with Gasteiger partial charge >= 0.3 is 0 Å². The third-order valence-corrected chi connectivity index (χ3v) is 5.15. The highest BCUT2D eigenvalue weighted by atomic mass is 79.9. The van der Waals surface area contributed by atoms with Crippen LogP contribution in [0.15, 0.2) is 18.2 Å². The van der Waals surface area contributed by atoms with E-state index in [0.717, 1.165) is 44.3 Å². The number of carbonyl (C=O) groups excluding carboxylic acids is 1. The van der Waals surface area contributed by atoms with Crippen molar-refractivity contribution in [3.8, 4) is 0 Å². The van der Waals surface area contributed by atoms with Crippen molar-refractivity contribution in [3.63, 3.8) is 0 Å². The molecule has 0 bridgehead atoms. The molecule has 0 fully saturated rings. The van der Waals surface area contributed by atoms with Gasteiger partial charge in [0.25, 0.3) is 0 Å². The standard InChI is InChI=1S/C19H28BrNO/c1-3-5-9-19(22)21-12-6-8-16-13-15(10-11-18(16)21)14-17(20)7-4-2/h10-11,13,17H,3-9,12,14H2,1-2H3. The SMILES string of the molecule is CCCCC(=O)N1CCCc2cc(CC(Br)CCC)ccc21. The summed E-state index contributed by atoms with van der Waals surface area (Å²) in [7, 11) is 0. The van der Waals surface area contributed by atoms with Gasteiger partial charge in [0, 0.05) is 23.5 Å². The topological polar surface area (TPSA) is 20.3 Å². The van der Waals surface area contributed by atoms with E-state index in [1.807, 2.05) is 4.90 Å². The molecule has 0 N–H and O–H groups in total. The van der Waals surface area contributed by atoms with Crippen LogP contribution >= 0.6 is 15.9 Å². The van der Waals surface area contributed by atoms with E-state index in [4.69, 9.17) is 0 Å². The molecule has 1 atom stereocenters. The Labute approximate surface area is 143 Å². The number of carbonyl (C=O) groups is 1. The highest BCUT2D eigenvalue weighted by molar-refractivity contribution is 9.09. The molecule has 1 amide bonds. The van der Waals surface area contributed by atoms with Gasteiger partial charge in [-0.2, -0.15) is 0 Å². The fraction of sp³-hybridized carbons (Fsp3) is 0.632. The van der Waals surface area contributed by atoms with Crippen molar-refractivity contribution in [2.45, 2.75) is 70.0 Å². The second-order valence-corrected chi connectivity index (χ2v) is 7.60. The summed E-state index contributed by atoms with van der Waals surface area (Å²) in [5.41, 5.74) is 3.89. The summed E-state index contributed by atoms with van der Waals surface area (Å²) < 4.78 is 0. The summed E-state index contributed by atoms with van der Waals surface area (Å²) in [6.07, 6.45) is 8.42. The summed E-state index contributed by atoms with van der Waals surface area (Å²) in [5.74, 6) is 0.292. The molecule has 1 unspecified atom stereocenters. The fourth-order valence-electron chi connectivity index (χ4n) is 3.17. The molecule has 1 aliphatic heterocycles. The van der Waals surface area contributed by atoms with Crippen molar-refractivity contribution in [3.05, 3.63) is 29.3 Å². The molecule has 0 aliphatic carbocycles. The lowest BCUT2D eigenvalue weighted by molar-refractivity contribution is -0.118. The minimum absolute atomic E-state index is 0.292. The first-order valence-corrected chi connectivity index (χ1v) is 9.63. The average molecular weight is 366 g/mol. The van der Waals surface area contributed by atoms with Crippen LogP contribution in [0.25, 0.3) is 0 Å². The van der Waals surface area contributed by atoms with Crippen molar-refractivity contribution >= 4 is 27.5 Å². The van der Waals surface area contributed by atoms with Crippen LogP contribution < -0.4 is 4.90 Å². The zero-order chi connectivity index (χ0) is 15.9. The zero-order valence-electron chi connectivity index (χ0n) is 13.9. The number of hydrogen-bond donors (Lipinski definition) is 0. The maximum atomic E-state index is 12.4. The summed E-state index contributed by atoms with van der Waals surface area (Å²) >= 11 is 3.77. The van der Waals surface area contributed by atoms with Gasteiger partial charge in [-0.3, -0.25) is 4.79 Å². The predicted octanol–water partition coefficient (Wildman–Crippen LogP) is 5.26. The number of anilines is 1. The largest absolute Gasteiger partial charge is 0.312 e. The molecule has 22 heavy (non-hydrogen) atoms. The molecular weight excluding hydrogens is 338 g/mol. The number of rotatable bonds is 7.